The fourth-order valence-electron chi connectivity index (χ4n) is 8.85. The Kier molecular flexibility index (Phi) is 8.57. The number of allylic oxidation sites excluding steroid dienone is 1. The molecular weight excluding hydrogens is 521 g/mol. The van der Waals surface area contributed by atoms with Crippen molar-refractivity contribution in [3.63, 3.8) is 0 Å². The number of halogens is 1. The van der Waals surface area contributed by atoms with Crippen molar-refractivity contribution in [3.05, 3.63) is 11.6 Å². The number of nitrogens with one attached hydrogen (secondary N) is 1. The maximum absolute atomic E-state index is 11.7. The molecule has 3 nitrogen and oxygen atoms in total. The van der Waals surface area contributed by atoms with Gasteiger partial charge in [-0.15, -0.1) is 0 Å². The van der Waals surface area contributed by atoms with Gasteiger partial charge in [-0.05, 0) is 110 Å². The van der Waals surface area contributed by atoms with Gasteiger partial charge in [-0.25, -0.2) is 0 Å². The van der Waals surface area contributed by atoms with Crippen molar-refractivity contribution < 1.29 is 9.53 Å². The molecule has 4 aliphatic rings. The molecule has 33 heavy (non-hydrogen) atoms. The van der Waals surface area contributed by atoms with E-state index in [1.807, 2.05) is 0 Å². The van der Waals surface area contributed by atoms with E-state index >= 15 is 0 Å². The normalized spacial score (nSPS) is 40.9. The van der Waals surface area contributed by atoms with E-state index in [0.717, 1.165) is 24.4 Å². The minimum Gasteiger partial charge on any atom is -0.378 e. The third-order valence-corrected chi connectivity index (χ3v) is 11.3. The van der Waals surface area contributed by atoms with Gasteiger partial charge in [0.1, 0.15) is 0 Å². The van der Waals surface area contributed by atoms with Gasteiger partial charge in [-0.1, -0.05) is 60.9 Å². The van der Waals surface area contributed by atoms with E-state index in [4.69, 9.17) is 4.74 Å². The highest BCUT2D eigenvalue weighted by Crippen LogP contribution is 2.66. The molecule has 4 aliphatic carbocycles. The third kappa shape index (κ3) is 5.22. The lowest BCUT2D eigenvalue weighted by Gasteiger charge is -2.58. The highest BCUT2D eigenvalue weighted by atomic mass is 127. The minimum absolute atomic E-state index is 0.126. The zero-order valence-corrected chi connectivity index (χ0v) is 23.8. The topological polar surface area (TPSA) is 38.3 Å². The number of unbranched alkanes of at least 4 members (excludes halogenated alkanes) is 3. The molecule has 0 bridgehead atoms. The van der Waals surface area contributed by atoms with Gasteiger partial charge < -0.3 is 10.1 Å². The van der Waals surface area contributed by atoms with Gasteiger partial charge >= 0.3 is 0 Å². The molecule has 0 aliphatic heterocycles. The molecular formula is C29H48INO2. The molecule has 3 unspecified atom stereocenters. The number of alkyl halides is 1. The first kappa shape index (κ1) is 26.0. The Morgan fingerprint density at radius 1 is 1.12 bits per heavy atom. The molecule has 0 heterocycles. The van der Waals surface area contributed by atoms with Gasteiger partial charge in [0, 0.05) is 19.6 Å². The van der Waals surface area contributed by atoms with Crippen LogP contribution in [0.1, 0.15) is 105 Å². The Morgan fingerprint density at radius 3 is 2.67 bits per heavy atom. The third-order valence-electron chi connectivity index (χ3n) is 10.5. The molecule has 8 atom stereocenters. The van der Waals surface area contributed by atoms with Gasteiger partial charge in [-0.3, -0.25) is 4.79 Å². The van der Waals surface area contributed by atoms with Gasteiger partial charge in [0.15, 0.2) is 0 Å². The summed E-state index contributed by atoms with van der Waals surface area (Å²) in [4.78, 5) is 11.7. The number of amides is 1. The van der Waals surface area contributed by atoms with Crippen molar-refractivity contribution >= 4 is 28.5 Å². The number of hydrogen-bond donors (Lipinski definition) is 1. The summed E-state index contributed by atoms with van der Waals surface area (Å²) in [7, 11) is 0. The second-order valence-corrected chi connectivity index (χ2v) is 13.4. The van der Waals surface area contributed by atoms with Crippen LogP contribution in [-0.4, -0.2) is 29.1 Å². The van der Waals surface area contributed by atoms with Gasteiger partial charge in [-0.2, -0.15) is 0 Å². The number of carbonyl (C=O) groups excluding carboxylic acids is 1. The van der Waals surface area contributed by atoms with Crippen molar-refractivity contribution in [3.8, 4) is 0 Å². The number of hydrogen-bond acceptors (Lipinski definition) is 2. The molecule has 0 spiro atoms. The number of ether oxygens (including phenoxy) is 1. The predicted molar refractivity (Wildman–Crippen MR) is 146 cm³/mol. The molecule has 4 heteroatoms. The summed E-state index contributed by atoms with van der Waals surface area (Å²) >= 11 is 2.48. The van der Waals surface area contributed by atoms with Crippen molar-refractivity contribution in [1.29, 1.82) is 0 Å². The van der Waals surface area contributed by atoms with Crippen LogP contribution < -0.4 is 5.32 Å². The number of rotatable bonds is 9. The summed E-state index contributed by atoms with van der Waals surface area (Å²) in [6, 6.07) is 0.300. The molecule has 3 fully saturated rings. The summed E-state index contributed by atoms with van der Waals surface area (Å²) in [6.07, 6.45) is 18.7. The van der Waals surface area contributed by atoms with E-state index in [1.54, 1.807) is 12.5 Å². The van der Waals surface area contributed by atoms with Crippen LogP contribution in [0.3, 0.4) is 0 Å². The molecule has 0 aromatic rings. The first-order valence-electron chi connectivity index (χ1n) is 13.9. The lowest BCUT2D eigenvalue weighted by molar-refractivity contribution is -0.120. The van der Waals surface area contributed by atoms with E-state index in [1.165, 1.54) is 81.5 Å². The zero-order valence-electron chi connectivity index (χ0n) is 21.6. The van der Waals surface area contributed by atoms with E-state index < -0.39 is 0 Å². The summed E-state index contributed by atoms with van der Waals surface area (Å²) in [6.45, 7) is 10.0. The highest BCUT2D eigenvalue weighted by molar-refractivity contribution is 14.1. The van der Waals surface area contributed by atoms with Crippen LogP contribution in [0.15, 0.2) is 11.6 Å². The van der Waals surface area contributed by atoms with E-state index in [0.29, 0.717) is 28.9 Å². The molecule has 4 rings (SSSR count). The Labute approximate surface area is 216 Å². The number of fused-ring (bicyclic) bond motifs is 5. The van der Waals surface area contributed by atoms with Gasteiger partial charge in [0.2, 0.25) is 5.91 Å². The van der Waals surface area contributed by atoms with Gasteiger partial charge in [0.05, 0.1) is 6.10 Å². The second kappa shape index (κ2) is 10.9. The summed E-state index contributed by atoms with van der Waals surface area (Å²) in [5, 5.41) is 3.24. The first-order valence-corrected chi connectivity index (χ1v) is 15.5. The fourth-order valence-corrected chi connectivity index (χ4v) is 9.39. The molecule has 188 valence electrons. The predicted octanol–water partition coefficient (Wildman–Crippen LogP) is 7.47. The SMILES string of the molecule is CC(=O)N[C@@H](C)[C@H]1CCC2C3CC=C4C[C@@H](OCCCCCCI)CC[C@]4(C)C3CC[C@@]21C. The molecule has 3 saturated carbocycles. The maximum atomic E-state index is 11.7. The van der Waals surface area contributed by atoms with Crippen LogP contribution >= 0.6 is 22.6 Å². The average molecular weight is 570 g/mol. The minimum atomic E-state index is 0.126. The van der Waals surface area contributed by atoms with Crippen molar-refractivity contribution in [2.24, 2.45) is 34.5 Å². The standard InChI is InChI=1S/C29H48INO2/c1-20(31-21(2)32)25-11-12-26-24-10-9-22-19-23(33-18-8-6-5-7-17-30)13-15-28(22,3)27(24)14-16-29(25,26)4/h9,20,23-27H,5-8,10-19H2,1-4H3,(H,31,32)/t20-,23-,24?,25+,26?,27?,28-,29+/m0/s1. The van der Waals surface area contributed by atoms with Crippen LogP contribution in [0.25, 0.3) is 0 Å². The lowest BCUT2D eigenvalue weighted by Crippen LogP contribution is -2.52. The smallest absolute Gasteiger partial charge is 0.217 e. The first-order chi connectivity index (χ1) is 15.8. The molecule has 0 radical (unpaired) electrons. The Bertz CT molecular complexity index is 722. The van der Waals surface area contributed by atoms with E-state index in [-0.39, 0.29) is 5.91 Å². The summed E-state index contributed by atoms with van der Waals surface area (Å²) in [5.41, 5.74) is 2.52. The van der Waals surface area contributed by atoms with Crippen LogP contribution in [0.2, 0.25) is 0 Å². The van der Waals surface area contributed by atoms with Crippen molar-refractivity contribution in [2.45, 2.75) is 117 Å². The lowest BCUT2D eigenvalue weighted by atomic mass is 9.47. The van der Waals surface area contributed by atoms with Crippen LogP contribution in [0.5, 0.6) is 0 Å². The Morgan fingerprint density at radius 2 is 1.91 bits per heavy atom. The molecule has 0 aromatic heterocycles. The maximum Gasteiger partial charge on any atom is 0.217 e. The zero-order chi connectivity index (χ0) is 23.6. The Hall–Kier alpha value is -0.100. The quantitative estimate of drug-likeness (QED) is 0.135. The number of carbonyl (C=O) groups is 1. The summed E-state index contributed by atoms with van der Waals surface area (Å²) < 4.78 is 7.66. The van der Waals surface area contributed by atoms with Crippen LogP contribution in [0.4, 0.5) is 0 Å². The van der Waals surface area contributed by atoms with Crippen LogP contribution in [0, 0.1) is 34.5 Å². The van der Waals surface area contributed by atoms with E-state index in [2.05, 4.69) is 54.8 Å². The largest absolute Gasteiger partial charge is 0.378 e. The Balaban J connectivity index is 1.38. The molecule has 0 saturated heterocycles. The van der Waals surface area contributed by atoms with Crippen molar-refractivity contribution in [1.82, 2.24) is 5.32 Å². The van der Waals surface area contributed by atoms with Gasteiger partial charge in [0.25, 0.3) is 0 Å². The summed E-state index contributed by atoms with van der Waals surface area (Å²) in [5.74, 6) is 3.26. The van der Waals surface area contributed by atoms with Crippen LogP contribution in [-0.2, 0) is 9.53 Å². The second-order valence-electron chi connectivity index (χ2n) is 12.3. The molecule has 1 amide bonds. The highest BCUT2D eigenvalue weighted by Gasteiger charge is 2.59. The molecule has 1 N–H and O–H groups in total. The molecule has 0 aromatic carbocycles. The fraction of sp³-hybridized carbons (Fsp3) is 0.897. The van der Waals surface area contributed by atoms with E-state index in [9.17, 15) is 4.79 Å². The van der Waals surface area contributed by atoms with Crippen molar-refractivity contribution in [2.75, 3.05) is 11.0 Å². The monoisotopic (exact) mass is 569 g/mol. The average Bonchev–Trinajstić information content (AvgIpc) is 3.13.